The van der Waals surface area contributed by atoms with Crippen LogP contribution in [0.2, 0.25) is 0 Å². The summed E-state index contributed by atoms with van der Waals surface area (Å²) in [5, 5.41) is 12.8. The number of aliphatic carboxylic acids is 1. The predicted molar refractivity (Wildman–Crippen MR) is 110 cm³/mol. The third kappa shape index (κ3) is 4.43. The molecule has 32 heavy (non-hydrogen) atoms. The number of hydrogen-bond donors (Lipinski definition) is 2. The van der Waals surface area contributed by atoms with E-state index in [2.05, 4.69) is 5.32 Å². The van der Waals surface area contributed by atoms with E-state index in [1.165, 1.54) is 19.1 Å². The van der Waals surface area contributed by atoms with Gasteiger partial charge in [0.05, 0.1) is 11.1 Å². The smallest absolute Gasteiger partial charge is 0.408 e. The quantitative estimate of drug-likeness (QED) is 0.629. The van der Waals surface area contributed by atoms with Crippen molar-refractivity contribution in [1.82, 2.24) is 15.3 Å². The minimum atomic E-state index is -1.56. The Bertz CT molecular complexity index is 1040. The van der Waals surface area contributed by atoms with Crippen molar-refractivity contribution in [2.24, 2.45) is 0 Å². The average molecular weight is 439 g/mol. The molecule has 0 bridgehead atoms. The monoisotopic (exact) mass is 439 g/mol. The van der Waals surface area contributed by atoms with Crippen LogP contribution in [0.5, 0.6) is 0 Å². The van der Waals surface area contributed by atoms with Crippen molar-refractivity contribution < 1.29 is 33.8 Å². The van der Waals surface area contributed by atoms with Crippen LogP contribution in [0.4, 0.5) is 4.79 Å². The summed E-state index contributed by atoms with van der Waals surface area (Å²) in [5.74, 6) is -4.06. The first-order chi connectivity index (χ1) is 15.2. The third-order valence-electron chi connectivity index (χ3n) is 4.86. The maximum absolute atomic E-state index is 13.1. The minimum Gasteiger partial charge on any atom is -0.480 e. The van der Waals surface area contributed by atoms with E-state index in [1.807, 2.05) is 6.07 Å². The molecule has 0 unspecified atom stereocenters. The number of benzene rings is 2. The molecule has 0 fully saturated rings. The first-order valence-electron chi connectivity index (χ1n) is 9.73. The number of carbonyl (C=O) groups excluding carboxylic acids is 4. The Morgan fingerprint density at radius 1 is 0.969 bits per heavy atom. The number of carboxylic acid groups (broad SMARTS) is 1. The molecule has 2 atom stereocenters. The summed E-state index contributed by atoms with van der Waals surface area (Å²) in [5.41, 5.74) is 0.834. The minimum absolute atomic E-state index is 0.0404. The van der Waals surface area contributed by atoms with E-state index >= 15 is 0 Å². The molecule has 0 saturated carbocycles. The number of rotatable bonds is 7. The van der Waals surface area contributed by atoms with Crippen LogP contribution >= 0.6 is 0 Å². The molecule has 0 aliphatic carbocycles. The normalized spacial score (nSPS) is 14.4. The summed E-state index contributed by atoms with van der Waals surface area (Å²) in [6.07, 6.45) is -0.917. The lowest BCUT2D eigenvalue weighted by molar-refractivity contribution is -0.160. The molecule has 2 aromatic carbocycles. The van der Waals surface area contributed by atoms with Gasteiger partial charge in [-0.1, -0.05) is 42.5 Å². The fourth-order valence-corrected chi connectivity index (χ4v) is 3.14. The van der Waals surface area contributed by atoms with E-state index in [-0.39, 0.29) is 17.7 Å². The third-order valence-corrected chi connectivity index (χ3v) is 4.86. The number of carboxylic acids is 1. The molecule has 1 aliphatic heterocycles. The lowest BCUT2D eigenvalue weighted by Crippen LogP contribution is -2.60. The molecular formula is C22H21N3O7. The molecule has 4 amide bonds. The highest BCUT2D eigenvalue weighted by Crippen LogP contribution is 2.26. The van der Waals surface area contributed by atoms with Crippen LogP contribution in [0, 0.1) is 0 Å². The van der Waals surface area contributed by atoms with Gasteiger partial charge in [0.15, 0.2) is 0 Å². The largest absolute Gasteiger partial charge is 0.480 e. The maximum atomic E-state index is 13.1. The van der Waals surface area contributed by atoms with E-state index < -0.39 is 41.9 Å². The van der Waals surface area contributed by atoms with Crippen LogP contribution in [-0.2, 0) is 20.9 Å². The Balaban J connectivity index is 1.76. The maximum Gasteiger partial charge on any atom is 0.408 e. The molecule has 1 aliphatic rings. The Morgan fingerprint density at radius 3 is 2.03 bits per heavy atom. The van der Waals surface area contributed by atoms with E-state index in [4.69, 9.17) is 4.74 Å². The number of carbonyl (C=O) groups is 5. The van der Waals surface area contributed by atoms with Gasteiger partial charge in [-0.05, 0) is 31.5 Å². The SMILES string of the molecule is C[C@H](NC(=O)OCc1ccccc1)C(=O)N([C@@H](C)C(=O)O)N1C(=O)c2ccccc2C1=O. The molecule has 0 radical (unpaired) electrons. The van der Waals surface area contributed by atoms with Gasteiger partial charge in [0, 0.05) is 0 Å². The highest BCUT2D eigenvalue weighted by atomic mass is 16.5. The fourth-order valence-electron chi connectivity index (χ4n) is 3.14. The number of hydrogen-bond acceptors (Lipinski definition) is 6. The summed E-state index contributed by atoms with van der Waals surface area (Å²) in [4.78, 5) is 62.4. The van der Waals surface area contributed by atoms with Gasteiger partial charge in [-0.15, -0.1) is 0 Å². The molecule has 2 aromatic rings. The predicted octanol–water partition coefficient (Wildman–Crippen LogP) is 1.81. The van der Waals surface area contributed by atoms with E-state index in [9.17, 15) is 29.1 Å². The van der Waals surface area contributed by atoms with Crippen molar-refractivity contribution >= 4 is 29.8 Å². The molecule has 0 aromatic heterocycles. The highest BCUT2D eigenvalue weighted by Gasteiger charge is 2.45. The van der Waals surface area contributed by atoms with Gasteiger partial charge >= 0.3 is 12.1 Å². The van der Waals surface area contributed by atoms with Gasteiger partial charge in [-0.3, -0.25) is 14.4 Å². The lowest BCUT2D eigenvalue weighted by Gasteiger charge is -2.34. The number of nitrogens with zero attached hydrogens (tertiary/aromatic N) is 2. The van der Waals surface area contributed by atoms with Gasteiger partial charge in [0.1, 0.15) is 18.7 Å². The molecule has 10 nitrogen and oxygen atoms in total. The van der Waals surface area contributed by atoms with Gasteiger partial charge < -0.3 is 15.2 Å². The fraction of sp³-hybridized carbons (Fsp3) is 0.227. The summed E-state index contributed by atoms with van der Waals surface area (Å²) in [6.45, 7) is 2.41. The van der Waals surface area contributed by atoms with Gasteiger partial charge in [0.25, 0.3) is 17.7 Å². The zero-order valence-corrected chi connectivity index (χ0v) is 17.3. The second-order valence-corrected chi connectivity index (χ2v) is 7.09. The highest BCUT2D eigenvalue weighted by molar-refractivity contribution is 6.22. The van der Waals surface area contributed by atoms with Gasteiger partial charge in [0.2, 0.25) is 0 Å². The zero-order chi connectivity index (χ0) is 23.4. The van der Waals surface area contributed by atoms with E-state index in [1.54, 1.807) is 36.4 Å². The number of amides is 4. The molecule has 0 saturated heterocycles. The van der Waals surface area contributed by atoms with E-state index in [0.29, 0.717) is 10.0 Å². The van der Waals surface area contributed by atoms with Crippen molar-refractivity contribution in [3.63, 3.8) is 0 Å². The summed E-state index contributed by atoms with van der Waals surface area (Å²) >= 11 is 0. The molecule has 1 heterocycles. The van der Waals surface area contributed by atoms with Crippen molar-refractivity contribution in [3.8, 4) is 0 Å². The Hall–Kier alpha value is -4.21. The van der Waals surface area contributed by atoms with Crippen molar-refractivity contribution in [2.45, 2.75) is 32.5 Å². The average Bonchev–Trinajstić information content (AvgIpc) is 3.03. The molecule has 166 valence electrons. The lowest BCUT2D eigenvalue weighted by atomic mass is 10.1. The van der Waals surface area contributed by atoms with Crippen molar-refractivity contribution in [2.75, 3.05) is 0 Å². The summed E-state index contributed by atoms with van der Waals surface area (Å²) in [6, 6.07) is 11.9. The number of fused-ring (bicyclic) bond motifs is 1. The van der Waals surface area contributed by atoms with Crippen LogP contribution in [0.25, 0.3) is 0 Å². The second-order valence-electron chi connectivity index (χ2n) is 7.09. The van der Waals surface area contributed by atoms with Crippen LogP contribution in [-0.4, -0.2) is 57.0 Å². The standard InChI is InChI=1S/C22H21N3O7/c1-13(23-22(31)32-12-15-8-4-3-5-9-15)18(26)24(14(2)21(29)30)25-19(27)16-10-6-7-11-17(16)20(25)28/h3-11,13-14H,12H2,1-2H3,(H,23,31)(H,29,30)/t13-,14-/m0/s1. The number of imide groups is 1. The van der Waals surface area contributed by atoms with Crippen LogP contribution in [0.3, 0.4) is 0 Å². The molecular weight excluding hydrogens is 418 g/mol. The topological polar surface area (TPSA) is 133 Å². The number of nitrogens with one attached hydrogen (secondary N) is 1. The molecule has 3 rings (SSSR count). The number of ether oxygens (including phenoxy) is 1. The first kappa shape index (κ1) is 22.5. The molecule has 10 heteroatoms. The Kier molecular flexibility index (Phi) is 6.53. The van der Waals surface area contributed by atoms with Crippen molar-refractivity contribution in [1.29, 1.82) is 0 Å². The zero-order valence-electron chi connectivity index (χ0n) is 17.3. The van der Waals surface area contributed by atoms with Gasteiger partial charge in [-0.25, -0.2) is 14.6 Å². The Labute approximate surface area is 183 Å². The Morgan fingerprint density at radius 2 is 1.50 bits per heavy atom. The number of alkyl carbamates (subject to hydrolysis) is 1. The summed E-state index contributed by atoms with van der Waals surface area (Å²) in [7, 11) is 0. The summed E-state index contributed by atoms with van der Waals surface area (Å²) < 4.78 is 5.07. The van der Waals surface area contributed by atoms with E-state index in [0.717, 1.165) is 12.5 Å². The van der Waals surface area contributed by atoms with Crippen LogP contribution in [0.15, 0.2) is 54.6 Å². The second kappa shape index (κ2) is 9.29. The van der Waals surface area contributed by atoms with Crippen LogP contribution in [0.1, 0.15) is 40.1 Å². The van der Waals surface area contributed by atoms with Crippen LogP contribution < -0.4 is 5.32 Å². The molecule has 2 N–H and O–H groups in total. The van der Waals surface area contributed by atoms with Crippen molar-refractivity contribution in [3.05, 3.63) is 71.3 Å². The van der Waals surface area contributed by atoms with Gasteiger partial charge in [-0.2, -0.15) is 5.01 Å². The first-order valence-corrected chi connectivity index (χ1v) is 9.73. The molecule has 0 spiro atoms. The number of hydrazine groups is 1.